The Morgan fingerprint density at radius 1 is 1.42 bits per heavy atom. The van der Waals surface area contributed by atoms with Gasteiger partial charge >= 0.3 is 5.97 Å². The van der Waals surface area contributed by atoms with Gasteiger partial charge in [-0.25, -0.2) is 0 Å². The lowest BCUT2D eigenvalue weighted by molar-refractivity contribution is -0.136. The molecule has 1 aliphatic rings. The number of carboxylic acids is 1. The second-order valence-electron chi connectivity index (χ2n) is 4.94. The Balaban J connectivity index is 0.000000312. The molecule has 4 nitrogen and oxygen atoms in total. The number of aliphatic carboxylic acids is 1. The monoisotopic (exact) mass is 265 g/mol. The number of hydrogen-bond acceptors (Lipinski definition) is 3. The molecule has 2 N–H and O–H groups in total. The summed E-state index contributed by atoms with van der Waals surface area (Å²) in [4.78, 5) is 11.6. The van der Waals surface area contributed by atoms with Crippen LogP contribution in [0.15, 0.2) is 30.3 Å². The van der Waals surface area contributed by atoms with Crippen molar-refractivity contribution in [3.63, 3.8) is 0 Å². The van der Waals surface area contributed by atoms with Crippen LogP contribution in [0.25, 0.3) is 0 Å². The van der Waals surface area contributed by atoms with Gasteiger partial charge in [0.05, 0.1) is 0 Å². The molecule has 1 saturated heterocycles. The summed E-state index contributed by atoms with van der Waals surface area (Å²) in [6.45, 7) is 4.65. The molecular formula is C15H23NO3. The van der Waals surface area contributed by atoms with Gasteiger partial charge in [-0.15, -0.1) is 0 Å². The quantitative estimate of drug-likeness (QED) is 0.859. The first-order valence-electron chi connectivity index (χ1n) is 6.61. The topological polar surface area (TPSA) is 60.8 Å². The fourth-order valence-electron chi connectivity index (χ4n) is 2.23. The molecule has 1 aliphatic heterocycles. The number of likely N-dealkylation sites (N-methyl/N-ethyl adjacent to an activating group) is 1. The molecule has 1 heterocycles. The van der Waals surface area contributed by atoms with E-state index in [4.69, 9.17) is 5.11 Å². The van der Waals surface area contributed by atoms with Gasteiger partial charge in [-0.05, 0) is 26.0 Å². The molecule has 1 aromatic rings. The van der Waals surface area contributed by atoms with Crippen LogP contribution in [0, 0.1) is 0 Å². The van der Waals surface area contributed by atoms with Crippen LogP contribution < -0.4 is 0 Å². The van der Waals surface area contributed by atoms with E-state index in [1.165, 1.54) is 0 Å². The first-order valence-corrected chi connectivity index (χ1v) is 6.61. The lowest BCUT2D eigenvalue weighted by atomic mass is 9.87. The predicted octanol–water partition coefficient (Wildman–Crippen LogP) is 2.08. The molecule has 0 spiro atoms. The highest BCUT2D eigenvalue weighted by molar-refractivity contribution is 5.66. The smallest absolute Gasteiger partial charge is 0.303 e. The lowest BCUT2D eigenvalue weighted by Crippen LogP contribution is -2.38. The molecule has 0 aliphatic carbocycles. The van der Waals surface area contributed by atoms with Crippen LogP contribution in [0.4, 0.5) is 0 Å². The molecule has 0 aromatic heterocycles. The summed E-state index contributed by atoms with van der Waals surface area (Å²) in [7, 11) is 2.06. The van der Waals surface area contributed by atoms with Crippen LogP contribution in [0.5, 0.6) is 0 Å². The Labute approximate surface area is 114 Å². The van der Waals surface area contributed by atoms with Crippen molar-refractivity contribution in [1.82, 2.24) is 4.90 Å². The average Bonchev–Trinajstić information content (AvgIpc) is 2.69. The van der Waals surface area contributed by atoms with E-state index >= 15 is 0 Å². The molecule has 4 heteroatoms. The summed E-state index contributed by atoms with van der Waals surface area (Å²) in [5, 5.41) is 18.3. The second kappa shape index (κ2) is 6.68. The molecule has 2 unspecified atom stereocenters. The highest BCUT2D eigenvalue weighted by Crippen LogP contribution is 2.36. The normalized spacial score (nSPS) is 26.6. The summed E-state index contributed by atoms with van der Waals surface area (Å²) < 4.78 is 0. The van der Waals surface area contributed by atoms with Crippen molar-refractivity contribution in [2.45, 2.75) is 38.3 Å². The van der Waals surface area contributed by atoms with E-state index < -0.39 is 11.6 Å². The number of nitrogens with zero attached hydrogens (tertiary/aromatic N) is 1. The second-order valence-corrected chi connectivity index (χ2v) is 4.94. The molecule has 1 aromatic carbocycles. The fraction of sp³-hybridized carbons (Fsp3) is 0.533. The van der Waals surface area contributed by atoms with Gasteiger partial charge in [0.15, 0.2) is 0 Å². The van der Waals surface area contributed by atoms with Crippen LogP contribution in [0.2, 0.25) is 0 Å². The first-order chi connectivity index (χ1) is 8.91. The summed E-state index contributed by atoms with van der Waals surface area (Å²) in [5.41, 5.74) is 0.382. The van der Waals surface area contributed by atoms with Crippen molar-refractivity contribution in [2.24, 2.45) is 0 Å². The molecule has 19 heavy (non-hydrogen) atoms. The molecule has 0 bridgehead atoms. The van der Waals surface area contributed by atoms with Gasteiger partial charge in [0, 0.05) is 19.0 Å². The van der Waals surface area contributed by atoms with Crippen molar-refractivity contribution in [3.05, 3.63) is 35.9 Å². The van der Waals surface area contributed by atoms with Crippen LogP contribution in [0.1, 0.15) is 32.3 Å². The first kappa shape index (κ1) is 15.7. The highest BCUT2D eigenvalue weighted by atomic mass is 16.4. The molecule has 0 amide bonds. The third-order valence-electron chi connectivity index (χ3n) is 3.77. The Morgan fingerprint density at radius 3 is 2.32 bits per heavy atom. The maximum atomic E-state index is 10.6. The van der Waals surface area contributed by atoms with Gasteiger partial charge in [0.2, 0.25) is 0 Å². The van der Waals surface area contributed by atoms with E-state index in [0.29, 0.717) is 0 Å². The van der Waals surface area contributed by atoms with Crippen LogP contribution >= 0.6 is 0 Å². The lowest BCUT2D eigenvalue weighted by Gasteiger charge is -2.30. The number of likely N-dealkylation sites (tertiary alicyclic amines) is 1. The van der Waals surface area contributed by atoms with Crippen molar-refractivity contribution < 1.29 is 15.0 Å². The van der Waals surface area contributed by atoms with Crippen molar-refractivity contribution in [2.75, 3.05) is 13.6 Å². The van der Waals surface area contributed by atoms with E-state index in [2.05, 4.69) is 18.9 Å². The molecule has 2 atom stereocenters. The van der Waals surface area contributed by atoms with Crippen molar-refractivity contribution >= 4 is 5.97 Å². The summed E-state index contributed by atoms with van der Waals surface area (Å²) in [6, 6.07) is 10.2. The van der Waals surface area contributed by atoms with Gasteiger partial charge in [0.25, 0.3) is 0 Å². The Kier molecular flexibility index (Phi) is 5.51. The number of benzene rings is 1. The standard InChI is InChI=1S/C12H17NO.C3H6O2/c1-10-12(14,8-9-13(10)2)11-6-4-3-5-7-11;1-2-3(4)5/h3-7,10,14H,8-9H2,1-2H3;2H2,1H3,(H,4,5). The number of hydrogen-bond donors (Lipinski definition) is 2. The van der Waals surface area contributed by atoms with E-state index in [9.17, 15) is 9.90 Å². The van der Waals surface area contributed by atoms with E-state index in [1.807, 2.05) is 30.3 Å². The van der Waals surface area contributed by atoms with Crippen LogP contribution in [-0.4, -0.2) is 40.7 Å². The van der Waals surface area contributed by atoms with E-state index in [-0.39, 0.29) is 12.5 Å². The number of rotatable bonds is 2. The summed E-state index contributed by atoms with van der Waals surface area (Å²) >= 11 is 0. The third-order valence-corrected chi connectivity index (χ3v) is 3.77. The summed E-state index contributed by atoms with van der Waals surface area (Å²) in [6.07, 6.45) is 1.05. The van der Waals surface area contributed by atoms with Gasteiger partial charge in [-0.1, -0.05) is 37.3 Å². The molecule has 106 valence electrons. The van der Waals surface area contributed by atoms with Crippen LogP contribution in [-0.2, 0) is 10.4 Å². The predicted molar refractivity (Wildman–Crippen MR) is 75.0 cm³/mol. The van der Waals surface area contributed by atoms with Crippen LogP contribution in [0.3, 0.4) is 0 Å². The van der Waals surface area contributed by atoms with Crippen molar-refractivity contribution in [3.8, 4) is 0 Å². The van der Waals surface area contributed by atoms with Gasteiger partial charge in [-0.3, -0.25) is 4.79 Å². The SMILES string of the molecule is CC1N(C)CCC1(O)c1ccccc1.CCC(=O)O. The maximum Gasteiger partial charge on any atom is 0.303 e. The zero-order chi connectivity index (χ0) is 14.5. The van der Waals surface area contributed by atoms with E-state index in [1.54, 1.807) is 6.92 Å². The van der Waals surface area contributed by atoms with Gasteiger partial charge < -0.3 is 15.1 Å². The minimum Gasteiger partial charge on any atom is -0.481 e. The van der Waals surface area contributed by atoms with Gasteiger partial charge in [-0.2, -0.15) is 0 Å². The fourth-order valence-corrected chi connectivity index (χ4v) is 2.23. The van der Waals surface area contributed by atoms with E-state index in [0.717, 1.165) is 18.5 Å². The number of aliphatic hydroxyl groups is 1. The zero-order valence-corrected chi connectivity index (χ0v) is 11.8. The minimum absolute atomic E-state index is 0.199. The molecule has 1 fully saturated rings. The molecule has 0 radical (unpaired) electrons. The molecule has 0 saturated carbocycles. The Bertz CT molecular complexity index is 407. The van der Waals surface area contributed by atoms with Crippen molar-refractivity contribution in [1.29, 1.82) is 0 Å². The summed E-state index contributed by atoms with van der Waals surface area (Å²) in [5.74, 6) is -0.745. The molecular weight excluding hydrogens is 242 g/mol. The Morgan fingerprint density at radius 2 is 1.95 bits per heavy atom. The average molecular weight is 265 g/mol. The molecule has 2 rings (SSSR count). The van der Waals surface area contributed by atoms with Gasteiger partial charge in [0.1, 0.15) is 5.60 Å². The number of carboxylic acid groups (broad SMARTS) is 1. The third kappa shape index (κ3) is 3.78. The zero-order valence-electron chi connectivity index (χ0n) is 11.8. The minimum atomic E-state index is -0.745. The largest absolute Gasteiger partial charge is 0.481 e. The maximum absolute atomic E-state index is 10.6. The highest BCUT2D eigenvalue weighted by Gasteiger charge is 2.42. The number of carbonyl (C=O) groups is 1. The Hall–Kier alpha value is -1.39.